The van der Waals surface area contributed by atoms with Crippen molar-refractivity contribution in [3.05, 3.63) is 27.2 Å². The lowest BCUT2D eigenvalue weighted by atomic mass is 10.00. The number of carbonyl (C=O) groups is 1. The molecule has 0 atom stereocenters. The standard InChI is InChI=1S/C11H13BrO3/c1-6-5-9(12)7(2)8(11(6)15)3-4-10(13)14/h5,15H,3-4H2,1-2H3,(H,13,14). The Morgan fingerprint density at radius 1 is 1.47 bits per heavy atom. The van der Waals surface area contributed by atoms with E-state index >= 15 is 0 Å². The number of phenols is 1. The second-order valence-electron chi connectivity index (χ2n) is 3.52. The Hall–Kier alpha value is -1.03. The summed E-state index contributed by atoms with van der Waals surface area (Å²) in [6.07, 6.45) is 0.386. The van der Waals surface area contributed by atoms with E-state index in [4.69, 9.17) is 5.11 Å². The second-order valence-corrected chi connectivity index (χ2v) is 4.38. The Bertz CT molecular complexity index is 373. The van der Waals surface area contributed by atoms with Crippen LogP contribution in [0.4, 0.5) is 0 Å². The fourth-order valence-corrected chi connectivity index (χ4v) is 2.05. The van der Waals surface area contributed by atoms with Crippen LogP contribution in [0.3, 0.4) is 0 Å². The highest BCUT2D eigenvalue weighted by molar-refractivity contribution is 9.10. The number of halogens is 1. The lowest BCUT2D eigenvalue weighted by molar-refractivity contribution is -0.136. The summed E-state index contributed by atoms with van der Waals surface area (Å²) in [4.78, 5) is 10.5. The van der Waals surface area contributed by atoms with E-state index in [1.165, 1.54) is 0 Å². The van der Waals surface area contributed by atoms with E-state index in [0.717, 1.165) is 15.6 Å². The van der Waals surface area contributed by atoms with Crippen molar-refractivity contribution in [2.45, 2.75) is 26.7 Å². The smallest absolute Gasteiger partial charge is 0.303 e. The maximum atomic E-state index is 10.5. The average molecular weight is 273 g/mol. The van der Waals surface area contributed by atoms with Crippen LogP contribution < -0.4 is 0 Å². The van der Waals surface area contributed by atoms with Crippen LogP contribution in [0.2, 0.25) is 0 Å². The Morgan fingerprint density at radius 3 is 2.60 bits per heavy atom. The molecule has 15 heavy (non-hydrogen) atoms. The minimum Gasteiger partial charge on any atom is -0.507 e. The number of hydrogen-bond acceptors (Lipinski definition) is 2. The highest BCUT2D eigenvalue weighted by Crippen LogP contribution is 2.32. The Labute approximate surface area is 96.9 Å². The van der Waals surface area contributed by atoms with E-state index in [0.29, 0.717) is 12.0 Å². The molecule has 0 spiro atoms. The number of carboxylic acid groups (broad SMARTS) is 1. The van der Waals surface area contributed by atoms with E-state index in [9.17, 15) is 9.90 Å². The molecule has 0 bridgehead atoms. The molecule has 1 aromatic rings. The van der Waals surface area contributed by atoms with Crippen molar-refractivity contribution in [2.24, 2.45) is 0 Å². The molecule has 2 N–H and O–H groups in total. The van der Waals surface area contributed by atoms with E-state index in [1.807, 2.05) is 13.0 Å². The van der Waals surface area contributed by atoms with Gasteiger partial charge in [0.2, 0.25) is 0 Å². The molecule has 0 aliphatic carbocycles. The first kappa shape index (κ1) is 12.0. The summed E-state index contributed by atoms with van der Waals surface area (Å²) < 4.78 is 0.901. The number of rotatable bonds is 3. The minimum absolute atomic E-state index is 0.0320. The van der Waals surface area contributed by atoms with Crippen molar-refractivity contribution in [1.29, 1.82) is 0 Å². The Morgan fingerprint density at radius 2 is 2.07 bits per heavy atom. The van der Waals surface area contributed by atoms with Crippen LogP contribution in [-0.2, 0) is 11.2 Å². The van der Waals surface area contributed by atoms with E-state index in [-0.39, 0.29) is 12.2 Å². The summed E-state index contributed by atoms with van der Waals surface area (Å²) >= 11 is 3.38. The number of phenolic OH excluding ortho intramolecular Hbond substituents is 1. The summed E-state index contributed by atoms with van der Waals surface area (Å²) in [5.74, 6) is -0.650. The van der Waals surface area contributed by atoms with Gasteiger partial charge in [-0.1, -0.05) is 15.9 Å². The van der Waals surface area contributed by atoms with Crippen molar-refractivity contribution in [3.63, 3.8) is 0 Å². The van der Waals surface area contributed by atoms with Crippen LogP contribution >= 0.6 is 15.9 Å². The molecule has 0 aliphatic rings. The monoisotopic (exact) mass is 272 g/mol. The van der Waals surface area contributed by atoms with Gasteiger partial charge in [-0.05, 0) is 43.0 Å². The normalized spacial score (nSPS) is 10.3. The van der Waals surface area contributed by atoms with Gasteiger partial charge < -0.3 is 10.2 Å². The number of aryl methyl sites for hydroxylation is 1. The summed E-state index contributed by atoms with van der Waals surface area (Å²) in [5.41, 5.74) is 2.37. The van der Waals surface area contributed by atoms with Crippen molar-refractivity contribution < 1.29 is 15.0 Å². The van der Waals surface area contributed by atoms with Gasteiger partial charge in [0, 0.05) is 10.9 Å². The zero-order chi connectivity index (χ0) is 11.6. The van der Waals surface area contributed by atoms with Crippen LogP contribution in [-0.4, -0.2) is 16.2 Å². The van der Waals surface area contributed by atoms with Gasteiger partial charge >= 0.3 is 5.97 Å². The summed E-state index contributed by atoms with van der Waals surface area (Å²) in [6, 6.07) is 1.83. The molecule has 0 unspecified atom stereocenters. The van der Waals surface area contributed by atoms with Gasteiger partial charge in [-0.3, -0.25) is 4.79 Å². The van der Waals surface area contributed by atoms with Gasteiger partial charge in [-0.15, -0.1) is 0 Å². The molecule has 1 rings (SSSR count). The second kappa shape index (κ2) is 4.66. The largest absolute Gasteiger partial charge is 0.507 e. The quantitative estimate of drug-likeness (QED) is 0.890. The summed E-state index contributed by atoms with van der Waals surface area (Å²) in [6.45, 7) is 3.66. The lowest BCUT2D eigenvalue weighted by Crippen LogP contribution is -2.00. The SMILES string of the molecule is Cc1cc(Br)c(C)c(CCC(=O)O)c1O. The van der Waals surface area contributed by atoms with Gasteiger partial charge in [-0.25, -0.2) is 0 Å². The van der Waals surface area contributed by atoms with Crippen molar-refractivity contribution in [3.8, 4) is 5.75 Å². The lowest BCUT2D eigenvalue weighted by Gasteiger charge is -2.11. The maximum absolute atomic E-state index is 10.5. The van der Waals surface area contributed by atoms with Gasteiger partial charge in [0.05, 0.1) is 0 Å². The Balaban J connectivity index is 3.09. The van der Waals surface area contributed by atoms with Gasteiger partial charge in [0.1, 0.15) is 5.75 Å². The molecule has 0 fully saturated rings. The highest BCUT2D eigenvalue weighted by Gasteiger charge is 2.12. The van der Waals surface area contributed by atoms with Crippen molar-refractivity contribution in [2.75, 3.05) is 0 Å². The number of aliphatic carboxylic acids is 1. The van der Waals surface area contributed by atoms with Crippen LogP contribution in [0, 0.1) is 13.8 Å². The minimum atomic E-state index is -0.855. The zero-order valence-corrected chi connectivity index (χ0v) is 10.3. The summed E-state index contributed by atoms with van der Waals surface area (Å²) in [7, 11) is 0. The Kier molecular flexibility index (Phi) is 3.74. The van der Waals surface area contributed by atoms with Crippen LogP contribution in [0.25, 0.3) is 0 Å². The molecule has 0 amide bonds. The number of benzene rings is 1. The molecular formula is C11H13BrO3. The van der Waals surface area contributed by atoms with E-state index in [2.05, 4.69) is 15.9 Å². The van der Waals surface area contributed by atoms with Crippen LogP contribution in [0.5, 0.6) is 5.75 Å². The summed E-state index contributed by atoms with van der Waals surface area (Å²) in [5, 5.41) is 18.4. The molecular weight excluding hydrogens is 260 g/mol. The first-order chi connectivity index (χ1) is 6.93. The molecule has 0 heterocycles. The number of carboxylic acids is 1. The third-order valence-electron chi connectivity index (χ3n) is 2.40. The third-order valence-corrected chi connectivity index (χ3v) is 3.23. The molecule has 0 aliphatic heterocycles. The fourth-order valence-electron chi connectivity index (χ4n) is 1.46. The number of aromatic hydroxyl groups is 1. The van der Waals surface area contributed by atoms with Crippen molar-refractivity contribution >= 4 is 21.9 Å². The highest BCUT2D eigenvalue weighted by atomic mass is 79.9. The molecule has 1 aromatic carbocycles. The maximum Gasteiger partial charge on any atom is 0.303 e. The molecule has 4 heteroatoms. The van der Waals surface area contributed by atoms with Crippen LogP contribution in [0.1, 0.15) is 23.1 Å². The fraction of sp³-hybridized carbons (Fsp3) is 0.364. The zero-order valence-electron chi connectivity index (χ0n) is 8.67. The average Bonchev–Trinajstić information content (AvgIpc) is 2.14. The predicted octanol–water partition coefficient (Wildman–Crippen LogP) is 2.79. The van der Waals surface area contributed by atoms with Gasteiger partial charge in [0.15, 0.2) is 0 Å². The molecule has 0 saturated carbocycles. The molecule has 3 nitrogen and oxygen atoms in total. The first-order valence-electron chi connectivity index (χ1n) is 4.62. The molecule has 0 radical (unpaired) electrons. The number of hydrogen-bond donors (Lipinski definition) is 2. The molecule has 0 aromatic heterocycles. The van der Waals surface area contributed by atoms with E-state index < -0.39 is 5.97 Å². The van der Waals surface area contributed by atoms with E-state index in [1.54, 1.807) is 6.92 Å². The molecule has 0 saturated heterocycles. The molecule has 82 valence electrons. The van der Waals surface area contributed by atoms with Crippen molar-refractivity contribution in [1.82, 2.24) is 0 Å². The topological polar surface area (TPSA) is 57.5 Å². The van der Waals surface area contributed by atoms with Crippen LogP contribution in [0.15, 0.2) is 10.5 Å². The third kappa shape index (κ3) is 2.72. The first-order valence-corrected chi connectivity index (χ1v) is 5.42. The van der Waals surface area contributed by atoms with Gasteiger partial charge in [-0.2, -0.15) is 0 Å². The van der Waals surface area contributed by atoms with Gasteiger partial charge in [0.25, 0.3) is 0 Å². The predicted molar refractivity (Wildman–Crippen MR) is 61.2 cm³/mol.